The van der Waals surface area contributed by atoms with Gasteiger partial charge in [-0.25, -0.2) is 14.8 Å². The van der Waals surface area contributed by atoms with Crippen molar-refractivity contribution in [2.45, 2.75) is 13.5 Å². The third-order valence-electron chi connectivity index (χ3n) is 5.54. The molecule has 0 unspecified atom stereocenters. The SMILES string of the molecule is COCCn1cnc2ccc(NC(=O)Nc3cccc(C(C)=O)c3)c(-c3cccnc3OC)c2c1=O. The van der Waals surface area contributed by atoms with Crippen LogP contribution in [0.1, 0.15) is 17.3 Å². The number of carbonyl (C=O) groups excluding carboxylic acids is 2. The quantitative estimate of drug-likeness (QED) is 0.361. The minimum atomic E-state index is -0.553. The largest absolute Gasteiger partial charge is 0.481 e. The molecule has 2 N–H and O–H groups in total. The highest BCUT2D eigenvalue weighted by Gasteiger charge is 2.20. The van der Waals surface area contributed by atoms with E-state index in [0.717, 1.165) is 0 Å². The number of fused-ring (bicyclic) bond motifs is 1. The lowest BCUT2D eigenvalue weighted by molar-refractivity contribution is 0.101. The second-order valence-electron chi connectivity index (χ2n) is 7.89. The molecule has 2 heterocycles. The maximum absolute atomic E-state index is 13.5. The minimum Gasteiger partial charge on any atom is -0.481 e. The van der Waals surface area contributed by atoms with E-state index in [9.17, 15) is 14.4 Å². The number of nitrogens with one attached hydrogen (secondary N) is 2. The van der Waals surface area contributed by atoms with Crippen LogP contribution in [0.2, 0.25) is 0 Å². The number of rotatable bonds is 8. The lowest BCUT2D eigenvalue weighted by Gasteiger charge is -2.17. The molecule has 0 saturated heterocycles. The maximum Gasteiger partial charge on any atom is 0.323 e. The maximum atomic E-state index is 13.5. The number of benzene rings is 2. The summed E-state index contributed by atoms with van der Waals surface area (Å²) >= 11 is 0. The average molecular weight is 488 g/mol. The zero-order valence-electron chi connectivity index (χ0n) is 20.1. The molecule has 0 bridgehead atoms. The van der Waals surface area contributed by atoms with Gasteiger partial charge < -0.3 is 20.1 Å². The van der Waals surface area contributed by atoms with Gasteiger partial charge in [-0.2, -0.15) is 0 Å². The molecular formula is C26H25N5O5. The normalized spacial score (nSPS) is 10.8. The fourth-order valence-electron chi connectivity index (χ4n) is 3.82. The highest BCUT2D eigenvalue weighted by molar-refractivity contribution is 6.08. The second-order valence-corrected chi connectivity index (χ2v) is 7.89. The van der Waals surface area contributed by atoms with Gasteiger partial charge in [0.25, 0.3) is 5.56 Å². The Morgan fingerprint density at radius 3 is 2.61 bits per heavy atom. The predicted molar refractivity (Wildman–Crippen MR) is 137 cm³/mol. The van der Waals surface area contributed by atoms with Crippen molar-refractivity contribution in [1.82, 2.24) is 14.5 Å². The summed E-state index contributed by atoms with van der Waals surface area (Å²) in [6.07, 6.45) is 3.04. The highest BCUT2D eigenvalue weighted by Crippen LogP contribution is 2.37. The molecule has 0 spiro atoms. The number of ether oxygens (including phenoxy) is 2. The third kappa shape index (κ3) is 5.08. The summed E-state index contributed by atoms with van der Waals surface area (Å²) in [5.74, 6) is 0.172. The Balaban J connectivity index is 1.83. The van der Waals surface area contributed by atoms with Crippen molar-refractivity contribution in [2.75, 3.05) is 31.5 Å². The molecule has 4 rings (SSSR count). The molecule has 0 radical (unpaired) electrons. The topological polar surface area (TPSA) is 124 Å². The van der Waals surface area contributed by atoms with Crippen LogP contribution in [0.5, 0.6) is 5.88 Å². The first-order valence-electron chi connectivity index (χ1n) is 11.1. The van der Waals surface area contributed by atoms with Crippen LogP contribution in [0, 0.1) is 0 Å². The molecule has 0 fully saturated rings. The first-order valence-corrected chi connectivity index (χ1v) is 11.1. The number of nitrogens with zero attached hydrogens (tertiary/aromatic N) is 3. The number of anilines is 2. The molecule has 2 amide bonds. The van der Waals surface area contributed by atoms with Gasteiger partial charge in [-0.1, -0.05) is 12.1 Å². The van der Waals surface area contributed by atoms with Crippen LogP contribution >= 0.6 is 0 Å². The van der Waals surface area contributed by atoms with Gasteiger partial charge in [0.1, 0.15) is 0 Å². The van der Waals surface area contributed by atoms with E-state index in [4.69, 9.17) is 9.47 Å². The number of amides is 2. The van der Waals surface area contributed by atoms with Crippen LogP contribution in [-0.4, -0.2) is 47.2 Å². The predicted octanol–water partition coefficient (Wildman–Crippen LogP) is 3.96. The van der Waals surface area contributed by atoms with Gasteiger partial charge in [0, 0.05) is 35.7 Å². The summed E-state index contributed by atoms with van der Waals surface area (Å²) in [4.78, 5) is 46.9. The molecule has 4 aromatic rings. The molecule has 10 heteroatoms. The van der Waals surface area contributed by atoms with Crippen molar-refractivity contribution >= 4 is 34.1 Å². The fourth-order valence-corrected chi connectivity index (χ4v) is 3.82. The molecule has 0 aliphatic rings. The summed E-state index contributed by atoms with van der Waals surface area (Å²) in [7, 11) is 3.03. The molecule has 0 aliphatic heterocycles. The van der Waals surface area contributed by atoms with Gasteiger partial charge in [0.15, 0.2) is 5.78 Å². The number of hydrogen-bond donors (Lipinski definition) is 2. The van der Waals surface area contributed by atoms with Crippen molar-refractivity contribution in [1.29, 1.82) is 0 Å². The summed E-state index contributed by atoms with van der Waals surface area (Å²) in [6.45, 7) is 2.10. The third-order valence-corrected chi connectivity index (χ3v) is 5.54. The minimum absolute atomic E-state index is 0.114. The molecule has 184 valence electrons. The Morgan fingerprint density at radius 1 is 1.03 bits per heavy atom. The number of carbonyl (C=O) groups is 2. The molecule has 0 aliphatic carbocycles. The molecule has 2 aromatic heterocycles. The average Bonchev–Trinajstić information content (AvgIpc) is 2.88. The van der Waals surface area contributed by atoms with Crippen molar-refractivity contribution in [3.8, 4) is 17.0 Å². The zero-order valence-corrected chi connectivity index (χ0v) is 20.1. The Morgan fingerprint density at radius 2 is 1.86 bits per heavy atom. The number of hydrogen-bond acceptors (Lipinski definition) is 7. The summed E-state index contributed by atoms with van der Waals surface area (Å²) in [5.41, 5.74) is 2.38. The monoisotopic (exact) mass is 487 g/mol. The molecular weight excluding hydrogens is 462 g/mol. The van der Waals surface area contributed by atoms with Gasteiger partial charge in [-0.15, -0.1) is 0 Å². The van der Waals surface area contributed by atoms with E-state index in [1.807, 2.05) is 0 Å². The standard InChI is InChI=1S/C26H25N5O5/c1-16(32)17-6-4-7-18(14-17)29-26(34)30-21-10-9-20-23(25(33)31(15-28-20)12-13-35-2)22(21)19-8-5-11-27-24(19)36-3/h4-11,14-15H,12-13H2,1-3H3,(H2,29,30,34). The van der Waals surface area contributed by atoms with Gasteiger partial charge in [-0.05, 0) is 43.3 Å². The zero-order chi connectivity index (χ0) is 25.7. The number of methoxy groups -OCH3 is 2. The van der Waals surface area contributed by atoms with Gasteiger partial charge in [0.2, 0.25) is 5.88 Å². The Labute approximate surface area is 206 Å². The van der Waals surface area contributed by atoms with Crippen LogP contribution in [0.4, 0.5) is 16.2 Å². The number of urea groups is 1. The van der Waals surface area contributed by atoms with Crippen LogP contribution in [0.15, 0.2) is 65.8 Å². The Kier molecular flexibility index (Phi) is 7.36. The van der Waals surface area contributed by atoms with Crippen molar-refractivity contribution in [3.05, 3.63) is 77.0 Å². The van der Waals surface area contributed by atoms with Crippen LogP contribution in [0.3, 0.4) is 0 Å². The number of pyridine rings is 1. The van der Waals surface area contributed by atoms with Gasteiger partial charge in [0.05, 0.1) is 43.2 Å². The molecule has 0 atom stereocenters. The Hall–Kier alpha value is -4.57. The molecule has 36 heavy (non-hydrogen) atoms. The van der Waals surface area contributed by atoms with E-state index in [1.165, 1.54) is 24.9 Å². The van der Waals surface area contributed by atoms with Crippen molar-refractivity contribution in [2.24, 2.45) is 0 Å². The van der Waals surface area contributed by atoms with Crippen molar-refractivity contribution < 1.29 is 19.1 Å². The number of Topliss-reactive ketones (excluding diaryl/α,β-unsaturated/α-hetero) is 1. The highest BCUT2D eigenvalue weighted by atomic mass is 16.5. The second kappa shape index (κ2) is 10.8. The summed E-state index contributed by atoms with van der Waals surface area (Å²) < 4.78 is 12.0. The number of ketones is 1. The van der Waals surface area contributed by atoms with E-state index < -0.39 is 6.03 Å². The van der Waals surface area contributed by atoms with Gasteiger partial charge >= 0.3 is 6.03 Å². The summed E-state index contributed by atoms with van der Waals surface area (Å²) in [5, 5.41) is 5.85. The Bertz CT molecular complexity index is 1500. The number of aromatic nitrogens is 3. The van der Waals surface area contributed by atoms with E-state index >= 15 is 0 Å². The van der Waals surface area contributed by atoms with E-state index in [2.05, 4.69) is 20.6 Å². The summed E-state index contributed by atoms with van der Waals surface area (Å²) in [6, 6.07) is 12.9. The van der Waals surface area contributed by atoms with Crippen molar-refractivity contribution in [3.63, 3.8) is 0 Å². The molecule has 0 saturated carbocycles. The van der Waals surface area contributed by atoms with Crippen LogP contribution in [-0.2, 0) is 11.3 Å². The first kappa shape index (κ1) is 24.6. The van der Waals surface area contributed by atoms with Crippen LogP contribution in [0.25, 0.3) is 22.0 Å². The van der Waals surface area contributed by atoms with E-state index in [0.29, 0.717) is 52.1 Å². The smallest absolute Gasteiger partial charge is 0.323 e. The van der Waals surface area contributed by atoms with Crippen LogP contribution < -0.4 is 20.9 Å². The van der Waals surface area contributed by atoms with Gasteiger partial charge in [-0.3, -0.25) is 14.2 Å². The van der Waals surface area contributed by atoms with E-state index in [-0.39, 0.29) is 17.2 Å². The lowest BCUT2D eigenvalue weighted by Crippen LogP contribution is -2.24. The van der Waals surface area contributed by atoms with E-state index in [1.54, 1.807) is 61.8 Å². The first-order chi connectivity index (χ1) is 17.4. The fraction of sp³-hybridized carbons (Fsp3) is 0.192. The lowest BCUT2D eigenvalue weighted by atomic mass is 9.99. The molecule has 2 aromatic carbocycles. The molecule has 10 nitrogen and oxygen atoms in total.